The summed E-state index contributed by atoms with van der Waals surface area (Å²) in [6, 6.07) is 9.82. The molecule has 0 radical (unpaired) electrons. The molecule has 1 aromatic carbocycles. The van der Waals surface area contributed by atoms with E-state index in [1.165, 1.54) is 22.6 Å². The van der Waals surface area contributed by atoms with Gasteiger partial charge < -0.3 is 10.1 Å². The molecule has 0 saturated carbocycles. The molecule has 0 saturated heterocycles. The zero-order valence-electron chi connectivity index (χ0n) is 13.0. The molecule has 0 spiro atoms. The number of alkyl halides is 3. The van der Waals surface area contributed by atoms with E-state index in [9.17, 15) is 13.2 Å². The van der Waals surface area contributed by atoms with Crippen LogP contribution in [0.15, 0.2) is 41.8 Å². The van der Waals surface area contributed by atoms with Crippen molar-refractivity contribution in [2.45, 2.75) is 19.2 Å². The van der Waals surface area contributed by atoms with Gasteiger partial charge in [0.15, 0.2) is 0 Å². The summed E-state index contributed by atoms with van der Waals surface area (Å²) >= 11 is 1.68. The third kappa shape index (κ3) is 3.34. The van der Waals surface area contributed by atoms with Crippen molar-refractivity contribution in [2.24, 2.45) is 0 Å². The van der Waals surface area contributed by atoms with Crippen molar-refractivity contribution in [1.82, 2.24) is 9.78 Å². The highest BCUT2D eigenvalue weighted by molar-refractivity contribution is 7.09. The van der Waals surface area contributed by atoms with Gasteiger partial charge in [-0.05, 0) is 42.1 Å². The van der Waals surface area contributed by atoms with Crippen LogP contribution in [0.25, 0.3) is 5.69 Å². The molecule has 4 nitrogen and oxygen atoms in total. The molecular weight excluding hydrogens is 351 g/mol. The zero-order valence-corrected chi connectivity index (χ0v) is 13.8. The number of fused-ring (bicyclic) bond motifs is 1. The van der Waals surface area contributed by atoms with Crippen LogP contribution >= 0.6 is 11.3 Å². The molecule has 3 aromatic rings. The highest BCUT2D eigenvalue weighted by atomic mass is 32.1. The fraction of sp³-hybridized carbons (Fsp3) is 0.235. The number of halogens is 3. The van der Waals surface area contributed by atoms with Crippen molar-refractivity contribution >= 4 is 17.2 Å². The van der Waals surface area contributed by atoms with Crippen LogP contribution in [0.1, 0.15) is 16.1 Å². The lowest BCUT2D eigenvalue weighted by Crippen LogP contribution is -2.17. The number of thiophene rings is 1. The minimum atomic E-state index is -4.69. The number of aromatic nitrogens is 2. The van der Waals surface area contributed by atoms with E-state index < -0.39 is 6.36 Å². The van der Waals surface area contributed by atoms with Gasteiger partial charge in [-0.15, -0.1) is 24.5 Å². The van der Waals surface area contributed by atoms with Crippen LogP contribution in [0.5, 0.6) is 5.75 Å². The largest absolute Gasteiger partial charge is 0.573 e. The predicted octanol–water partition coefficient (Wildman–Crippen LogP) is 4.39. The molecule has 0 aliphatic carbocycles. The van der Waals surface area contributed by atoms with E-state index in [4.69, 9.17) is 0 Å². The maximum Gasteiger partial charge on any atom is 0.573 e. The van der Waals surface area contributed by atoms with E-state index in [2.05, 4.69) is 21.2 Å². The van der Waals surface area contributed by atoms with Gasteiger partial charge in [0.2, 0.25) is 0 Å². The Kier molecular flexibility index (Phi) is 3.91. The minimum Gasteiger partial charge on any atom is -0.406 e. The minimum absolute atomic E-state index is 0.244. The smallest absolute Gasteiger partial charge is 0.406 e. The quantitative estimate of drug-likeness (QED) is 0.745. The molecule has 1 aliphatic rings. The summed E-state index contributed by atoms with van der Waals surface area (Å²) in [5.74, 6) is 0.669. The Morgan fingerprint density at radius 3 is 2.68 bits per heavy atom. The normalized spacial score (nSPS) is 13.6. The molecule has 1 N–H and O–H groups in total. The second-order valence-corrected chi connectivity index (χ2v) is 6.69. The SMILES string of the molecule is FC(F)(F)Oc1ccc(-n2nc(Cc3cccs3)c3c2NCC3)cc1. The first-order valence-electron chi connectivity index (χ1n) is 7.73. The van der Waals surface area contributed by atoms with Gasteiger partial charge in [0, 0.05) is 23.4 Å². The molecule has 0 unspecified atom stereocenters. The van der Waals surface area contributed by atoms with Crippen molar-refractivity contribution in [3.05, 3.63) is 57.9 Å². The van der Waals surface area contributed by atoms with Crippen molar-refractivity contribution in [1.29, 1.82) is 0 Å². The Hall–Kier alpha value is -2.48. The summed E-state index contributed by atoms with van der Waals surface area (Å²) in [6.07, 6.45) is -3.04. The van der Waals surface area contributed by atoms with Crippen molar-refractivity contribution in [3.63, 3.8) is 0 Å². The zero-order chi connectivity index (χ0) is 17.4. The first-order valence-corrected chi connectivity index (χ1v) is 8.61. The summed E-state index contributed by atoms with van der Waals surface area (Å²) in [5.41, 5.74) is 2.86. The summed E-state index contributed by atoms with van der Waals surface area (Å²) in [5, 5.41) is 10.0. The maximum atomic E-state index is 12.3. The summed E-state index contributed by atoms with van der Waals surface area (Å²) in [7, 11) is 0. The first-order chi connectivity index (χ1) is 12.0. The van der Waals surface area contributed by atoms with Crippen molar-refractivity contribution < 1.29 is 17.9 Å². The Balaban J connectivity index is 1.64. The van der Waals surface area contributed by atoms with Gasteiger partial charge in [0.25, 0.3) is 0 Å². The Bertz CT molecular complexity index is 870. The molecule has 130 valence electrons. The van der Waals surface area contributed by atoms with Crippen molar-refractivity contribution in [3.8, 4) is 11.4 Å². The van der Waals surface area contributed by atoms with E-state index in [1.54, 1.807) is 28.2 Å². The van der Waals surface area contributed by atoms with Crippen LogP contribution < -0.4 is 10.1 Å². The number of benzene rings is 1. The van der Waals surface area contributed by atoms with Gasteiger partial charge in [-0.2, -0.15) is 5.10 Å². The average Bonchev–Trinajstić information content (AvgIpc) is 3.26. The van der Waals surface area contributed by atoms with Crippen molar-refractivity contribution in [2.75, 3.05) is 11.9 Å². The average molecular weight is 365 g/mol. The lowest BCUT2D eigenvalue weighted by atomic mass is 10.1. The number of hydrogen-bond acceptors (Lipinski definition) is 4. The second-order valence-electron chi connectivity index (χ2n) is 5.66. The van der Waals surface area contributed by atoms with E-state index in [-0.39, 0.29) is 5.75 Å². The molecule has 25 heavy (non-hydrogen) atoms. The highest BCUT2D eigenvalue weighted by Crippen LogP contribution is 2.31. The lowest BCUT2D eigenvalue weighted by Gasteiger charge is -2.10. The second kappa shape index (κ2) is 6.11. The van der Waals surface area contributed by atoms with E-state index >= 15 is 0 Å². The molecule has 1 aliphatic heterocycles. The van der Waals surface area contributed by atoms with Gasteiger partial charge in [-0.3, -0.25) is 0 Å². The first kappa shape index (κ1) is 16.0. The third-order valence-corrected chi connectivity index (χ3v) is 4.85. The van der Waals surface area contributed by atoms with Gasteiger partial charge in [-0.25, -0.2) is 4.68 Å². The highest BCUT2D eigenvalue weighted by Gasteiger charge is 2.31. The van der Waals surface area contributed by atoms with Gasteiger partial charge in [0.05, 0.1) is 11.4 Å². The number of nitrogens with zero attached hydrogens (tertiary/aromatic N) is 2. The standard InChI is InChI=1S/C17H14F3N3OS/c18-17(19,20)24-12-5-3-11(4-6-12)23-16-14(7-8-21-16)15(22-23)10-13-2-1-9-25-13/h1-6,9,21H,7-8,10H2. The molecular formula is C17H14F3N3OS. The molecule has 0 bridgehead atoms. The van der Waals surface area contributed by atoms with Crippen LogP contribution in [0.4, 0.5) is 19.0 Å². The fourth-order valence-electron chi connectivity index (χ4n) is 2.94. The van der Waals surface area contributed by atoms with Gasteiger partial charge in [0.1, 0.15) is 11.6 Å². The molecule has 0 fully saturated rings. The fourth-order valence-corrected chi connectivity index (χ4v) is 3.65. The lowest BCUT2D eigenvalue weighted by molar-refractivity contribution is -0.274. The van der Waals surface area contributed by atoms with Crippen LogP contribution in [0.2, 0.25) is 0 Å². The molecule has 3 heterocycles. The number of rotatable bonds is 4. The van der Waals surface area contributed by atoms with E-state index in [0.29, 0.717) is 5.69 Å². The molecule has 8 heteroatoms. The predicted molar refractivity (Wildman–Crippen MR) is 89.6 cm³/mol. The topological polar surface area (TPSA) is 39.1 Å². The van der Waals surface area contributed by atoms with Crippen LogP contribution in [0, 0.1) is 0 Å². The molecule has 0 amide bonds. The number of hydrogen-bond donors (Lipinski definition) is 1. The monoisotopic (exact) mass is 365 g/mol. The number of ether oxygens (including phenoxy) is 1. The van der Waals surface area contributed by atoms with Crippen LogP contribution in [0.3, 0.4) is 0 Å². The number of nitrogens with one attached hydrogen (secondary N) is 1. The number of anilines is 1. The van der Waals surface area contributed by atoms with E-state index in [0.717, 1.165) is 30.9 Å². The Labute approximate surface area is 145 Å². The third-order valence-electron chi connectivity index (χ3n) is 3.97. The summed E-state index contributed by atoms with van der Waals surface area (Å²) in [4.78, 5) is 1.23. The molecule has 4 rings (SSSR count). The molecule has 0 atom stereocenters. The Morgan fingerprint density at radius 1 is 1.20 bits per heavy atom. The molecule has 2 aromatic heterocycles. The summed E-state index contributed by atoms with van der Waals surface area (Å²) in [6.45, 7) is 0.833. The van der Waals surface area contributed by atoms with E-state index in [1.807, 2.05) is 11.4 Å². The van der Waals surface area contributed by atoms with Crippen LogP contribution in [-0.4, -0.2) is 22.7 Å². The van der Waals surface area contributed by atoms with Gasteiger partial charge >= 0.3 is 6.36 Å². The maximum absolute atomic E-state index is 12.3. The Morgan fingerprint density at radius 2 is 2.00 bits per heavy atom. The summed E-state index contributed by atoms with van der Waals surface area (Å²) < 4.78 is 42.5. The van der Waals surface area contributed by atoms with Crippen LogP contribution in [-0.2, 0) is 12.8 Å². The van der Waals surface area contributed by atoms with Gasteiger partial charge in [-0.1, -0.05) is 6.07 Å².